The molecule has 5 heteroatoms. The number of benzene rings is 2. The molecule has 0 heterocycles. The molecule has 1 unspecified atom stereocenters. The quantitative estimate of drug-likeness (QED) is 0.651. The van der Waals surface area contributed by atoms with Gasteiger partial charge in [0.2, 0.25) is 0 Å². The maximum atomic E-state index is 13.1. The standard InChI is InChI=1S/C18H18ClO3P/c1-3-14-5-7-15(8-6-14)11-12-23(21,22-4-2)18-13-16(19)9-10-17(18)20/h5-10,13,20H,3-4H2,1-2H3. The van der Waals surface area contributed by atoms with E-state index in [0.29, 0.717) is 5.02 Å². The Morgan fingerprint density at radius 1 is 1.17 bits per heavy atom. The second-order valence-corrected chi connectivity index (χ2v) is 7.39. The number of hydrogen-bond acceptors (Lipinski definition) is 3. The van der Waals surface area contributed by atoms with Gasteiger partial charge in [-0.1, -0.05) is 36.6 Å². The number of phenols is 1. The normalized spacial score (nSPS) is 13.0. The van der Waals surface area contributed by atoms with Crippen molar-refractivity contribution in [2.24, 2.45) is 0 Å². The molecule has 0 aliphatic rings. The Balaban J connectivity index is 2.43. The van der Waals surface area contributed by atoms with Crippen LogP contribution in [0.3, 0.4) is 0 Å². The van der Waals surface area contributed by atoms with Crippen LogP contribution in [-0.2, 0) is 15.5 Å². The van der Waals surface area contributed by atoms with Gasteiger partial charge >= 0.3 is 7.37 Å². The van der Waals surface area contributed by atoms with Crippen molar-refractivity contribution in [3.8, 4) is 17.3 Å². The van der Waals surface area contributed by atoms with Crippen LogP contribution in [0, 0.1) is 11.6 Å². The summed E-state index contributed by atoms with van der Waals surface area (Å²) in [4.78, 5) is 0. The van der Waals surface area contributed by atoms with Crippen LogP contribution in [0.15, 0.2) is 42.5 Å². The molecule has 0 aliphatic carbocycles. The molecule has 0 spiro atoms. The SMILES string of the molecule is CCOP(=O)(C#Cc1ccc(CC)cc1)c1cc(Cl)ccc1O. The van der Waals surface area contributed by atoms with Gasteiger partial charge in [-0.2, -0.15) is 0 Å². The molecule has 2 aromatic rings. The molecule has 1 atom stereocenters. The first-order valence-electron chi connectivity index (χ1n) is 7.34. The third kappa shape index (κ3) is 4.39. The molecular formula is C18H18ClO3P. The highest BCUT2D eigenvalue weighted by molar-refractivity contribution is 7.72. The molecule has 0 radical (unpaired) electrons. The van der Waals surface area contributed by atoms with Crippen LogP contribution in [0.25, 0.3) is 0 Å². The summed E-state index contributed by atoms with van der Waals surface area (Å²) < 4.78 is 18.5. The van der Waals surface area contributed by atoms with Crippen molar-refractivity contribution in [2.75, 3.05) is 6.61 Å². The predicted octanol–water partition coefficient (Wildman–Crippen LogP) is 4.56. The predicted molar refractivity (Wildman–Crippen MR) is 94.7 cm³/mol. The van der Waals surface area contributed by atoms with Crippen molar-refractivity contribution in [3.05, 3.63) is 58.6 Å². The minimum atomic E-state index is -3.52. The van der Waals surface area contributed by atoms with Gasteiger partial charge in [0, 0.05) is 10.6 Å². The van der Waals surface area contributed by atoms with Gasteiger partial charge in [0.1, 0.15) is 5.75 Å². The second-order valence-electron chi connectivity index (χ2n) is 4.89. The van der Waals surface area contributed by atoms with Crippen LogP contribution in [0.5, 0.6) is 5.75 Å². The third-order valence-electron chi connectivity index (χ3n) is 3.28. The molecule has 0 saturated carbocycles. The topological polar surface area (TPSA) is 46.5 Å². The molecule has 0 aliphatic heterocycles. The van der Waals surface area contributed by atoms with E-state index in [1.54, 1.807) is 6.92 Å². The zero-order chi connectivity index (χ0) is 16.9. The molecule has 2 rings (SSSR count). The number of hydrogen-bond donors (Lipinski definition) is 1. The van der Waals surface area contributed by atoms with E-state index < -0.39 is 7.37 Å². The van der Waals surface area contributed by atoms with Gasteiger partial charge in [-0.3, -0.25) is 4.57 Å². The summed E-state index contributed by atoms with van der Waals surface area (Å²) in [6.45, 7) is 4.02. The van der Waals surface area contributed by atoms with Gasteiger partial charge in [0.05, 0.1) is 11.9 Å². The van der Waals surface area contributed by atoms with Crippen LogP contribution in [-0.4, -0.2) is 11.7 Å². The fraction of sp³-hybridized carbons (Fsp3) is 0.222. The van der Waals surface area contributed by atoms with Gasteiger partial charge in [-0.05, 0) is 54.9 Å². The first kappa shape index (κ1) is 17.6. The van der Waals surface area contributed by atoms with Crippen LogP contribution < -0.4 is 5.30 Å². The van der Waals surface area contributed by atoms with Gasteiger partial charge in [-0.25, -0.2) is 0 Å². The van der Waals surface area contributed by atoms with Crippen molar-refractivity contribution in [2.45, 2.75) is 20.3 Å². The molecule has 23 heavy (non-hydrogen) atoms. The van der Waals surface area contributed by atoms with Crippen LogP contribution in [0.1, 0.15) is 25.0 Å². The number of aryl methyl sites for hydroxylation is 1. The van der Waals surface area contributed by atoms with E-state index in [9.17, 15) is 9.67 Å². The molecule has 1 N–H and O–H groups in total. The highest BCUT2D eigenvalue weighted by atomic mass is 35.5. The van der Waals surface area contributed by atoms with Gasteiger partial charge < -0.3 is 9.63 Å². The summed E-state index contributed by atoms with van der Waals surface area (Å²) in [7, 11) is -3.52. The smallest absolute Gasteiger partial charge is 0.307 e. The summed E-state index contributed by atoms with van der Waals surface area (Å²) >= 11 is 5.94. The lowest BCUT2D eigenvalue weighted by atomic mass is 10.1. The van der Waals surface area contributed by atoms with Crippen LogP contribution in [0.2, 0.25) is 5.02 Å². The zero-order valence-corrected chi connectivity index (χ0v) is 14.7. The molecule has 0 fully saturated rings. The molecular weight excluding hydrogens is 331 g/mol. The maximum Gasteiger partial charge on any atom is 0.307 e. The Bertz CT molecular complexity index is 788. The van der Waals surface area contributed by atoms with E-state index in [4.69, 9.17) is 16.1 Å². The molecule has 3 nitrogen and oxygen atoms in total. The molecule has 0 amide bonds. The largest absolute Gasteiger partial charge is 0.507 e. The first-order valence-corrected chi connectivity index (χ1v) is 9.34. The Morgan fingerprint density at radius 2 is 1.87 bits per heavy atom. The van der Waals surface area contributed by atoms with E-state index in [2.05, 4.69) is 18.5 Å². The van der Waals surface area contributed by atoms with Gasteiger partial charge in [0.15, 0.2) is 0 Å². The lowest BCUT2D eigenvalue weighted by Crippen LogP contribution is -2.07. The third-order valence-corrected chi connectivity index (χ3v) is 5.53. The van der Waals surface area contributed by atoms with E-state index >= 15 is 0 Å². The van der Waals surface area contributed by atoms with Crippen molar-refractivity contribution < 1.29 is 14.2 Å². The lowest BCUT2D eigenvalue weighted by Gasteiger charge is -2.13. The number of phenolic OH excluding ortho intramolecular Hbond substituents is 1. The lowest BCUT2D eigenvalue weighted by molar-refractivity contribution is 0.347. The minimum Gasteiger partial charge on any atom is -0.507 e. The second kappa shape index (κ2) is 7.70. The van der Waals surface area contributed by atoms with Gasteiger partial charge in [-0.15, -0.1) is 0 Å². The van der Waals surface area contributed by atoms with E-state index in [0.717, 1.165) is 12.0 Å². The summed E-state index contributed by atoms with van der Waals surface area (Å²) in [5.41, 5.74) is 4.64. The van der Waals surface area contributed by atoms with Crippen LogP contribution in [0.4, 0.5) is 0 Å². The average Bonchev–Trinajstić information content (AvgIpc) is 2.56. The monoisotopic (exact) mass is 348 g/mol. The Kier molecular flexibility index (Phi) is 5.91. The number of rotatable bonds is 4. The van der Waals surface area contributed by atoms with Crippen molar-refractivity contribution >= 4 is 24.3 Å². The van der Waals surface area contributed by atoms with Crippen LogP contribution >= 0.6 is 19.0 Å². The van der Waals surface area contributed by atoms with Crippen molar-refractivity contribution in [1.82, 2.24) is 0 Å². The Hall–Kier alpha value is -1.72. The average molecular weight is 349 g/mol. The highest BCUT2D eigenvalue weighted by Crippen LogP contribution is 2.47. The molecule has 2 aromatic carbocycles. The number of halogens is 1. The molecule has 0 saturated heterocycles. The van der Waals surface area contributed by atoms with E-state index in [1.807, 2.05) is 24.3 Å². The number of aromatic hydroxyl groups is 1. The molecule has 0 bridgehead atoms. The zero-order valence-electron chi connectivity index (χ0n) is 13.0. The summed E-state index contributed by atoms with van der Waals surface area (Å²) in [5.74, 6) is 2.74. The fourth-order valence-electron chi connectivity index (χ4n) is 2.04. The fourth-order valence-corrected chi connectivity index (χ4v) is 3.94. The van der Waals surface area contributed by atoms with Crippen molar-refractivity contribution in [1.29, 1.82) is 0 Å². The highest BCUT2D eigenvalue weighted by Gasteiger charge is 2.27. The first-order chi connectivity index (χ1) is 11.0. The Labute approximate surface area is 141 Å². The Morgan fingerprint density at radius 3 is 2.48 bits per heavy atom. The van der Waals surface area contributed by atoms with E-state index in [1.165, 1.54) is 23.8 Å². The molecule has 120 valence electrons. The minimum absolute atomic E-state index is 0.129. The molecule has 0 aromatic heterocycles. The van der Waals surface area contributed by atoms with E-state index in [-0.39, 0.29) is 17.7 Å². The van der Waals surface area contributed by atoms with Crippen molar-refractivity contribution in [3.63, 3.8) is 0 Å². The van der Waals surface area contributed by atoms with Gasteiger partial charge in [0.25, 0.3) is 0 Å². The maximum absolute atomic E-state index is 13.1. The summed E-state index contributed by atoms with van der Waals surface area (Å²) in [6.07, 6.45) is 0.946. The summed E-state index contributed by atoms with van der Waals surface area (Å²) in [5, 5.41) is 10.5. The summed E-state index contributed by atoms with van der Waals surface area (Å²) in [6, 6.07) is 12.1.